The lowest BCUT2D eigenvalue weighted by molar-refractivity contribution is -0.158. The number of pyridine rings is 1. The first-order valence-electron chi connectivity index (χ1n) is 11.8. The molecule has 1 aromatic rings. The molecule has 12 nitrogen and oxygen atoms in total. The van der Waals surface area contributed by atoms with Crippen LogP contribution in [0.3, 0.4) is 0 Å². The molecule has 1 aliphatic heterocycles. The number of nitrogens with one attached hydrogen (secondary N) is 1. The summed E-state index contributed by atoms with van der Waals surface area (Å²) in [6.45, 7) is 2.61. The van der Waals surface area contributed by atoms with Crippen molar-refractivity contribution in [2.24, 2.45) is 5.73 Å². The van der Waals surface area contributed by atoms with E-state index >= 15 is 0 Å². The average molecular weight is 494 g/mol. The van der Waals surface area contributed by atoms with Gasteiger partial charge in [0.15, 0.2) is 6.10 Å². The number of carbonyl (C=O) groups is 3. The maximum Gasteiger partial charge on any atom is 0.407 e. The van der Waals surface area contributed by atoms with E-state index in [1.165, 1.54) is 19.1 Å². The summed E-state index contributed by atoms with van der Waals surface area (Å²) in [5.41, 5.74) is 7.36. The van der Waals surface area contributed by atoms with Crippen LogP contribution in [0.15, 0.2) is 12.1 Å². The molecule has 2 aliphatic rings. The smallest absolute Gasteiger partial charge is 0.407 e. The lowest BCUT2D eigenvalue weighted by Crippen LogP contribution is -2.57. The molecule has 0 aromatic carbocycles. The summed E-state index contributed by atoms with van der Waals surface area (Å²) < 4.78 is 15.9. The summed E-state index contributed by atoms with van der Waals surface area (Å²) in [6.07, 6.45) is -0.0352. The predicted molar refractivity (Wildman–Crippen MR) is 125 cm³/mol. The second-order valence-corrected chi connectivity index (χ2v) is 8.78. The van der Waals surface area contributed by atoms with Crippen LogP contribution in [0, 0.1) is 0 Å². The van der Waals surface area contributed by atoms with Gasteiger partial charge in [0.1, 0.15) is 0 Å². The Morgan fingerprint density at radius 3 is 2.66 bits per heavy atom. The van der Waals surface area contributed by atoms with Gasteiger partial charge in [-0.1, -0.05) is 0 Å². The van der Waals surface area contributed by atoms with Gasteiger partial charge < -0.3 is 40.2 Å². The van der Waals surface area contributed by atoms with E-state index in [1.807, 2.05) is 13.0 Å². The zero-order valence-corrected chi connectivity index (χ0v) is 20.4. The van der Waals surface area contributed by atoms with E-state index in [-0.39, 0.29) is 37.6 Å². The highest BCUT2D eigenvalue weighted by molar-refractivity contribution is 5.83. The summed E-state index contributed by atoms with van der Waals surface area (Å²) >= 11 is 0. The van der Waals surface area contributed by atoms with E-state index < -0.39 is 24.4 Å². The Morgan fingerprint density at radius 2 is 2.06 bits per heavy atom. The van der Waals surface area contributed by atoms with E-state index in [1.54, 1.807) is 11.0 Å². The van der Waals surface area contributed by atoms with Crippen LogP contribution >= 0.6 is 0 Å². The summed E-state index contributed by atoms with van der Waals surface area (Å²) in [4.78, 5) is 43.9. The topological polar surface area (TPSA) is 157 Å². The van der Waals surface area contributed by atoms with Crippen LogP contribution in [-0.2, 0) is 20.7 Å². The van der Waals surface area contributed by atoms with Gasteiger partial charge in [0.25, 0.3) is 5.91 Å². The quantitative estimate of drug-likeness (QED) is 0.407. The molecule has 1 aliphatic carbocycles. The number of nitrogens with two attached hydrogens (primary N) is 1. The molecule has 3 rings (SSSR count). The molecule has 0 unspecified atom stereocenters. The molecule has 194 valence electrons. The van der Waals surface area contributed by atoms with Gasteiger partial charge in [-0.25, -0.2) is 14.6 Å². The molecule has 0 bridgehead atoms. The highest BCUT2D eigenvalue weighted by Crippen LogP contribution is 2.36. The maximum absolute atomic E-state index is 13.6. The molecule has 3 amide bonds. The van der Waals surface area contributed by atoms with Gasteiger partial charge in [0.2, 0.25) is 5.88 Å². The Hall–Kier alpha value is -3.12. The molecule has 0 radical (unpaired) electrons. The van der Waals surface area contributed by atoms with Crippen LogP contribution in [0.25, 0.3) is 0 Å². The maximum atomic E-state index is 13.6. The first-order chi connectivity index (χ1) is 16.8. The van der Waals surface area contributed by atoms with E-state index in [2.05, 4.69) is 15.0 Å². The van der Waals surface area contributed by atoms with Crippen LogP contribution in [0.1, 0.15) is 43.5 Å². The number of methoxy groups -OCH3 is 2. The van der Waals surface area contributed by atoms with Crippen molar-refractivity contribution >= 4 is 18.1 Å². The standard InChI is InChI=1S/C23H35N5O7/c1-14(15-9-16(26-20(10-15)33-2)5-4-8-25-22(30)34-3)28(17-6-7-17)21(29)19-13-27(23(31)32)12-18(11-24)35-19/h9-10,14,17-19H,4-8,11-13,24H2,1-3H3,(H,25,30)(H,31,32)/t14-,18-,19-/m1/s1. The van der Waals surface area contributed by atoms with Crippen LogP contribution in [0.4, 0.5) is 9.59 Å². The van der Waals surface area contributed by atoms with Crippen molar-refractivity contribution in [3.63, 3.8) is 0 Å². The molecule has 0 spiro atoms. The number of nitrogens with zero attached hydrogens (tertiary/aromatic N) is 3. The predicted octanol–water partition coefficient (Wildman–Crippen LogP) is 1.14. The number of hydrogen-bond donors (Lipinski definition) is 3. The zero-order valence-electron chi connectivity index (χ0n) is 20.4. The molecule has 35 heavy (non-hydrogen) atoms. The summed E-state index contributed by atoms with van der Waals surface area (Å²) in [5, 5.41) is 12.1. The van der Waals surface area contributed by atoms with Crippen molar-refractivity contribution in [2.75, 3.05) is 40.4 Å². The Labute approximate surface area is 204 Å². The third kappa shape index (κ3) is 6.95. The first kappa shape index (κ1) is 26.5. The van der Waals surface area contributed by atoms with Gasteiger partial charge in [0, 0.05) is 30.9 Å². The van der Waals surface area contributed by atoms with Crippen LogP contribution < -0.4 is 15.8 Å². The third-order valence-corrected chi connectivity index (χ3v) is 6.22. The molecular weight excluding hydrogens is 458 g/mol. The Kier molecular flexibility index (Phi) is 9.10. The van der Waals surface area contributed by atoms with Crippen LogP contribution in [0.2, 0.25) is 0 Å². The van der Waals surface area contributed by atoms with E-state index in [0.717, 1.165) is 24.1 Å². The molecule has 1 saturated carbocycles. The first-order valence-corrected chi connectivity index (χ1v) is 11.8. The van der Waals surface area contributed by atoms with Gasteiger partial charge in [-0.3, -0.25) is 4.79 Å². The number of carboxylic acid groups (broad SMARTS) is 1. The molecule has 1 saturated heterocycles. The second-order valence-electron chi connectivity index (χ2n) is 8.78. The normalized spacial score (nSPS) is 20.6. The SMILES string of the molecule is COC(=O)NCCCc1cc([C@@H](C)N(C(=O)[C@H]2CN(C(=O)O)C[C@@H](CN)O2)C2CC2)cc(OC)n1. The van der Waals surface area contributed by atoms with E-state index in [0.29, 0.717) is 25.3 Å². The fourth-order valence-corrected chi connectivity index (χ4v) is 4.22. The minimum absolute atomic E-state index is 0.0291. The van der Waals surface area contributed by atoms with Gasteiger partial charge in [-0.05, 0) is 44.2 Å². The third-order valence-electron chi connectivity index (χ3n) is 6.22. The Balaban J connectivity index is 1.77. The number of amides is 3. The fourth-order valence-electron chi connectivity index (χ4n) is 4.22. The van der Waals surface area contributed by atoms with Gasteiger partial charge in [-0.2, -0.15) is 0 Å². The number of ether oxygens (including phenoxy) is 3. The van der Waals surface area contributed by atoms with Crippen molar-refractivity contribution in [3.05, 3.63) is 23.4 Å². The highest BCUT2D eigenvalue weighted by atomic mass is 16.5. The van der Waals surface area contributed by atoms with Crippen molar-refractivity contribution in [3.8, 4) is 5.88 Å². The molecule has 4 N–H and O–H groups in total. The number of carbonyl (C=O) groups excluding carboxylic acids is 2. The molecule has 1 aromatic heterocycles. The molecule has 12 heteroatoms. The lowest BCUT2D eigenvalue weighted by atomic mass is 10.0. The van der Waals surface area contributed by atoms with Gasteiger partial charge in [-0.15, -0.1) is 0 Å². The summed E-state index contributed by atoms with van der Waals surface area (Å²) in [7, 11) is 2.85. The van der Waals surface area contributed by atoms with Crippen LogP contribution in [-0.4, -0.2) is 96.6 Å². The van der Waals surface area contributed by atoms with Crippen molar-refractivity contribution in [2.45, 2.75) is 56.9 Å². The average Bonchev–Trinajstić information content (AvgIpc) is 3.70. The van der Waals surface area contributed by atoms with E-state index in [9.17, 15) is 19.5 Å². The van der Waals surface area contributed by atoms with Gasteiger partial charge in [0.05, 0.1) is 39.5 Å². The molecule has 2 fully saturated rings. The molecular formula is C23H35N5O7. The Bertz CT molecular complexity index is 910. The molecule has 3 atom stereocenters. The highest BCUT2D eigenvalue weighted by Gasteiger charge is 2.43. The van der Waals surface area contributed by atoms with Crippen molar-refractivity contribution in [1.29, 1.82) is 0 Å². The lowest BCUT2D eigenvalue weighted by Gasteiger charge is -2.39. The van der Waals surface area contributed by atoms with E-state index in [4.69, 9.17) is 15.2 Å². The van der Waals surface area contributed by atoms with Gasteiger partial charge >= 0.3 is 12.2 Å². The molecule has 2 heterocycles. The monoisotopic (exact) mass is 493 g/mol. The fraction of sp³-hybridized carbons (Fsp3) is 0.652. The zero-order chi connectivity index (χ0) is 25.5. The van der Waals surface area contributed by atoms with Crippen molar-refractivity contribution < 1.29 is 33.7 Å². The number of rotatable bonds is 10. The minimum Gasteiger partial charge on any atom is -0.481 e. The van der Waals surface area contributed by atoms with Crippen LogP contribution in [0.5, 0.6) is 5.88 Å². The minimum atomic E-state index is -1.10. The second kappa shape index (κ2) is 12.0. The largest absolute Gasteiger partial charge is 0.481 e. The Morgan fingerprint density at radius 1 is 1.31 bits per heavy atom. The van der Waals surface area contributed by atoms with Crippen molar-refractivity contribution in [1.82, 2.24) is 20.1 Å². The number of alkyl carbamates (subject to hydrolysis) is 1. The number of aromatic nitrogens is 1. The number of aryl methyl sites for hydroxylation is 1. The number of hydrogen-bond acceptors (Lipinski definition) is 8. The summed E-state index contributed by atoms with van der Waals surface area (Å²) in [6, 6.07) is 3.49. The summed E-state index contributed by atoms with van der Waals surface area (Å²) in [5.74, 6) is 0.187. The number of morpholine rings is 1.